The van der Waals surface area contributed by atoms with Gasteiger partial charge in [-0.25, -0.2) is 0 Å². The Balaban J connectivity index is 1.31. The number of hydrogen-bond donors (Lipinski definition) is 1. The zero-order chi connectivity index (χ0) is 22.9. The number of esters is 1. The van der Waals surface area contributed by atoms with Crippen LogP contribution in [0.4, 0.5) is 11.4 Å². The van der Waals surface area contributed by atoms with Crippen LogP contribution in [-0.4, -0.2) is 66.9 Å². The van der Waals surface area contributed by atoms with Crippen molar-refractivity contribution in [2.45, 2.75) is 12.8 Å². The van der Waals surface area contributed by atoms with Gasteiger partial charge in [-0.05, 0) is 30.0 Å². The molecule has 0 atom stereocenters. The summed E-state index contributed by atoms with van der Waals surface area (Å²) in [5.74, 6) is -0.914. The van der Waals surface area contributed by atoms with Gasteiger partial charge in [0.15, 0.2) is 6.61 Å². The van der Waals surface area contributed by atoms with Crippen LogP contribution in [0.1, 0.15) is 23.2 Å². The van der Waals surface area contributed by atoms with Crippen LogP contribution in [0.5, 0.6) is 0 Å². The number of piperazine rings is 1. The van der Waals surface area contributed by atoms with E-state index in [2.05, 4.69) is 5.32 Å². The molecule has 0 bridgehead atoms. The van der Waals surface area contributed by atoms with Gasteiger partial charge >= 0.3 is 5.97 Å². The van der Waals surface area contributed by atoms with Crippen molar-refractivity contribution in [3.63, 3.8) is 0 Å². The van der Waals surface area contributed by atoms with Gasteiger partial charge in [-0.2, -0.15) is 11.3 Å². The Hall–Kier alpha value is -3.47. The molecule has 32 heavy (non-hydrogen) atoms. The highest BCUT2D eigenvalue weighted by molar-refractivity contribution is 7.08. The quantitative estimate of drug-likeness (QED) is 0.263. The number of carbonyl (C=O) groups excluding carboxylic acids is 3. The van der Waals surface area contributed by atoms with Crippen LogP contribution in [0.25, 0.3) is 0 Å². The molecule has 0 saturated carbocycles. The number of non-ortho nitro benzene ring substituents is 1. The molecule has 2 heterocycles. The number of benzene rings is 1. The molecule has 0 aliphatic carbocycles. The summed E-state index contributed by atoms with van der Waals surface area (Å²) in [4.78, 5) is 50.0. The molecule has 1 aliphatic rings. The van der Waals surface area contributed by atoms with Crippen molar-refractivity contribution in [1.29, 1.82) is 0 Å². The van der Waals surface area contributed by atoms with Crippen molar-refractivity contribution in [1.82, 2.24) is 10.2 Å². The Morgan fingerprint density at radius 3 is 2.44 bits per heavy atom. The van der Waals surface area contributed by atoms with Gasteiger partial charge in [0.2, 0.25) is 0 Å². The number of anilines is 1. The lowest BCUT2D eigenvalue weighted by Crippen LogP contribution is -2.49. The first kappa shape index (κ1) is 23.2. The molecule has 1 aliphatic heterocycles. The fourth-order valence-electron chi connectivity index (χ4n) is 3.24. The highest BCUT2D eigenvalue weighted by Gasteiger charge is 2.22. The Kier molecular flexibility index (Phi) is 8.14. The lowest BCUT2D eigenvalue weighted by Gasteiger charge is -2.36. The largest absolute Gasteiger partial charge is 0.456 e. The summed E-state index contributed by atoms with van der Waals surface area (Å²) in [7, 11) is 0. The van der Waals surface area contributed by atoms with Gasteiger partial charge in [0.25, 0.3) is 17.5 Å². The minimum absolute atomic E-state index is 0.0363. The second kappa shape index (κ2) is 11.2. The minimum Gasteiger partial charge on any atom is -0.456 e. The monoisotopic (exact) mass is 460 g/mol. The molecular weight excluding hydrogens is 436 g/mol. The van der Waals surface area contributed by atoms with E-state index in [1.54, 1.807) is 28.5 Å². The number of hydrogen-bond acceptors (Lipinski definition) is 8. The number of nitro benzene ring substituents is 1. The van der Waals surface area contributed by atoms with Gasteiger partial charge in [0.1, 0.15) is 0 Å². The molecule has 1 N–H and O–H groups in total. The molecule has 1 saturated heterocycles. The maximum atomic E-state index is 12.3. The third kappa shape index (κ3) is 6.51. The SMILES string of the molecule is O=C(CCCNC(=O)c1ccsc1)OCC(=O)N1CCN(c2ccc([N+](=O)[O-])cc2)CC1. The zero-order valence-electron chi connectivity index (χ0n) is 17.4. The minimum atomic E-state index is -0.479. The number of thiophene rings is 1. The lowest BCUT2D eigenvalue weighted by molar-refractivity contribution is -0.384. The molecule has 1 aromatic carbocycles. The van der Waals surface area contributed by atoms with E-state index in [1.807, 2.05) is 10.3 Å². The van der Waals surface area contributed by atoms with Crippen LogP contribution in [0.15, 0.2) is 41.1 Å². The molecule has 2 aromatic rings. The number of carbonyl (C=O) groups is 3. The fraction of sp³-hybridized carbons (Fsp3) is 0.381. The molecule has 0 radical (unpaired) electrons. The highest BCUT2D eigenvalue weighted by Crippen LogP contribution is 2.20. The van der Waals surface area contributed by atoms with Crippen LogP contribution in [-0.2, 0) is 14.3 Å². The van der Waals surface area contributed by atoms with Crippen LogP contribution in [0, 0.1) is 10.1 Å². The van der Waals surface area contributed by atoms with E-state index in [0.717, 1.165) is 5.69 Å². The second-order valence-corrected chi connectivity index (χ2v) is 7.95. The number of nitro groups is 1. The first-order valence-electron chi connectivity index (χ1n) is 10.2. The fourth-order valence-corrected chi connectivity index (χ4v) is 3.87. The highest BCUT2D eigenvalue weighted by atomic mass is 32.1. The van der Waals surface area contributed by atoms with Gasteiger partial charge in [-0.1, -0.05) is 0 Å². The summed E-state index contributed by atoms with van der Waals surface area (Å²) >= 11 is 1.44. The summed E-state index contributed by atoms with van der Waals surface area (Å²) in [5, 5.41) is 17.1. The van der Waals surface area contributed by atoms with Crippen LogP contribution in [0.2, 0.25) is 0 Å². The number of nitrogens with one attached hydrogen (secondary N) is 1. The molecular formula is C21H24N4O6S. The van der Waals surface area contributed by atoms with E-state index in [-0.39, 0.29) is 30.5 Å². The molecule has 2 amide bonds. The topological polar surface area (TPSA) is 122 Å². The van der Waals surface area contributed by atoms with Crippen molar-refractivity contribution < 1.29 is 24.0 Å². The molecule has 1 aromatic heterocycles. The van der Waals surface area contributed by atoms with E-state index in [1.165, 1.54) is 23.5 Å². The van der Waals surface area contributed by atoms with Crippen LogP contribution < -0.4 is 10.2 Å². The number of rotatable bonds is 9. The number of ether oxygens (including phenoxy) is 1. The van der Waals surface area contributed by atoms with E-state index in [4.69, 9.17) is 4.74 Å². The zero-order valence-corrected chi connectivity index (χ0v) is 18.2. The first-order valence-corrected chi connectivity index (χ1v) is 11.1. The predicted octanol–water partition coefficient (Wildman–Crippen LogP) is 2.06. The van der Waals surface area contributed by atoms with E-state index >= 15 is 0 Å². The molecule has 3 rings (SSSR count). The first-order chi connectivity index (χ1) is 15.4. The average Bonchev–Trinajstić information content (AvgIpc) is 3.35. The van der Waals surface area contributed by atoms with Crippen molar-refractivity contribution in [2.24, 2.45) is 0 Å². The van der Waals surface area contributed by atoms with Crippen molar-refractivity contribution in [3.05, 3.63) is 56.8 Å². The molecule has 10 nitrogen and oxygen atoms in total. The maximum absolute atomic E-state index is 12.3. The Morgan fingerprint density at radius 1 is 1.09 bits per heavy atom. The van der Waals surface area contributed by atoms with Gasteiger partial charge in [-0.3, -0.25) is 24.5 Å². The molecule has 11 heteroatoms. The summed E-state index contributed by atoms with van der Waals surface area (Å²) < 4.78 is 5.06. The van der Waals surface area contributed by atoms with Crippen molar-refractivity contribution in [3.8, 4) is 0 Å². The molecule has 0 unspecified atom stereocenters. The van der Waals surface area contributed by atoms with Gasteiger partial charge < -0.3 is 19.9 Å². The number of nitrogens with zero attached hydrogens (tertiary/aromatic N) is 3. The number of amides is 2. The summed E-state index contributed by atoms with van der Waals surface area (Å²) in [5.41, 5.74) is 1.49. The summed E-state index contributed by atoms with van der Waals surface area (Å²) in [6.07, 6.45) is 0.544. The molecule has 170 valence electrons. The Labute approximate surface area is 188 Å². The predicted molar refractivity (Wildman–Crippen MR) is 119 cm³/mol. The molecule has 1 fully saturated rings. The third-order valence-corrected chi connectivity index (χ3v) is 5.72. The smallest absolute Gasteiger partial charge is 0.306 e. The van der Waals surface area contributed by atoms with Gasteiger partial charge in [0.05, 0.1) is 4.92 Å². The van der Waals surface area contributed by atoms with Crippen LogP contribution >= 0.6 is 11.3 Å². The normalized spacial score (nSPS) is 13.5. The van der Waals surface area contributed by atoms with E-state index in [9.17, 15) is 24.5 Å². The lowest BCUT2D eigenvalue weighted by atomic mass is 10.2. The van der Waals surface area contributed by atoms with E-state index in [0.29, 0.717) is 44.7 Å². The third-order valence-electron chi connectivity index (χ3n) is 5.04. The Bertz CT molecular complexity index is 940. The van der Waals surface area contributed by atoms with Gasteiger partial charge in [0, 0.05) is 67.9 Å². The Morgan fingerprint density at radius 2 is 1.81 bits per heavy atom. The van der Waals surface area contributed by atoms with Crippen molar-refractivity contribution >= 4 is 40.5 Å². The standard InChI is InChI=1S/C21H24N4O6S/c26-19(14-31-20(27)2-1-8-22-21(28)16-7-13-32-15-16)24-11-9-23(10-12-24)17-3-5-18(6-4-17)25(29)30/h3-7,13,15H,1-2,8-12,14H2,(H,22,28). The molecule has 0 spiro atoms. The van der Waals surface area contributed by atoms with Crippen LogP contribution in [0.3, 0.4) is 0 Å². The van der Waals surface area contributed by atoms with Crippen molar-refractivity contribution in [2.75, 3.05) is 44.2 Å². The van der Waals surface area contributed by atoms with Gasteiger partial charge in [-0.15, -0.1) is 0 Å². The summed E-state index contributed by atoms with van der Waals surface area (Å²) in [6.45, 7) is 2.16. The summed E-state index contributed by atoms with van der Waals surface area (Å²) in [6, 6.07) is 8.03. The average molecular weight is 461 g/mol. The maximum Gasteiger partial charge on any atom is 0.306 e. The van der Waals surface area contributed by atoms with E-state index < -0.39 is 10.9 Å². The second-order valence-electron chi connectivity index (χ2n) is 7.17.